The van der Waals surface area contributed by atoms with Crippen LogP contribution < -0.4 is 9.47 Å². The topological polar surface area (TPSA) is 58.9 Å². The zero-order chi connectivity index (χ0) is 15.4. The lowest BCUT2D eigenvalue weighted by atomic mass is 10.3. The van der Waals surface area contributed by atoms with Gasteiger partial charge >= 0.3 is 0 Å². The lowest BCUT2D eigenvalue weighted by Crippen LogP contribution is -1.86. The summed E-state index contributed by atoms with van der Waals surface area (Å²) in [5.74, 6) is 2.86. The van der Waals surface area contributed by atoms with Crippen LogP contribution in [0.2, 0.25) is 0 Å². The van der Waals surface area contributed by atoms with E-state index in [-0.39, 0.29) is 11.5 Å². The Morgan fingerprint density at radius 3 is 1.55 bits per heavy atom. The van der Waals surface area contributed by atoms with E-state index >= 15 is 0 Å². The molecule has 2 N–H and O–H groups in total. The highest BCUT2D eigenvalue weighted by Crippen LogP contribution is 2.28. The maximum atomic E-state index is 9.40. The number of aromatic hydroxyl groups is 2. The molecule has 0 fully saturated rings. The summed E-state index contributed by atoms with van der Waals surface area (Å²) >= 11 is 0. The van der Waals surface area contributed by atoms with Crippen LogP contribution in [0.25, 0.3) is 0 Å². The number of phenols is 2. The Morgan fingerprint density at radius 2 is 1.00 bits per heavy atom. The molecule has 4 nitrogen and oxygen atoms in total. The van der Waals surface area contributed by atoms with Crippen molar-refractivity contribution >= 4 is 0 Å². The van der Waals surface area contributed by atoms with Crippen molar-refractivity contribution in [3.63, 3.8) is 0 Å². The van der Waals surface area contributed by atoms with Crippen molar-refractivity contribution < 1.29 is 19.7 Å². The van der Waals surface area contributed by atoms with Crippen LogP contribution in [0.3, 0.4) is 0 Å². The Morgan fingerprint density at radius 1 is 0.500 bits per heavy atom. The Hall–Kier alpha value is -3.14. The highest BCUT2D eigenvalue weighted by atomic mass is 16.5. The summed E-state index contributed by atoms with van der Waals surface area (Å²) in [5, 5.41) is 18.6. The van der Waals surface area contributed by atoms with Gasteiger partial charge in [-0.05, 0) is 60.7 Å². The first-order valence-electron chi connectivity index (χ1n) is 6.73. The lowest BCUT2D eigenvalue weighted by molar-refractivity contribution is 0.452. The third-order valence-electron chi connectivity index (χ3n) is 2.95. The van der Waals surface area contributed by atoms with Gasteiger partial charge in [0.1, 0.15) is 34.5 Å². The molecular weight excluding hydrogens is 280 g/mol. The Bertz CT molecular complexity index is 749. The van der Waals surface area contributed by atoms with Crippen molar-refractivity contribution in [2.45, 2.75) is 0 Å². The largest absolute Gasteiger partial charge is 0.508 e. The van der Waals surface area contributed by atoms with Crippen LogP contribution in [0, 0.1) is 0 Å². The maximum Gasteiger partial charge on any atom is 0.131 e. The molecule has 22 heavy (non-hydrogen) atoms. The number of ether oxygens (including phenoxy) is 2. The zero-order valence-corrected chi connectivity index (χ0v) is 11.6. The number of hydrogen-bond acceptors (Lipinski definition) is 4. The van der Waals surface area contributed by atoms with Crippen LogP contribution in [0.4, 0.5) is 0 Å². The molecule has 0 radical (unpaired) electrons. The fraction of sp³-hybridized carbons (Fsp3) is 0. The molecule has 0 saturated heterocycles. The third kappa shape index (κ3) is 3.49. The van der Waals surface area contributed by atoms with Crippen molar-refractivity contribution in [1.82, 2.24) is 0 Å². The van der Waals surface area contributed by atoms with E-state index < -0.39 is 0 Å². The van der Waals surface area contributed by atoms with Gasteiger partial charge in [-0.3, -0.25) is 0 Å². The minimum absolute atomic E-state index is 0.157. The SMILES string of the molecule is Oc1ccc(Oc2ccc(Oc3cccc(O)c3)cc2)cc1. The molecule has 3 rings (SSSR count). The van der Waals surface area contributed by atoms with E-state index in [1.807, 2.05) is 0 Å². The van der Waals surface area contributed by atoms with Gasteiger partial charge in [-0.1, -0.05) is 6.07 Å². The van der Waals surface area contributed by atoms with Crippen LogP contribution in [-0.4, -0.2) is 10.2 Å². The quantitative estimate of drug-likeness (QED) is 0.733. The van der Waals surface area contributed by atoms with Crippen molar-refractivity contribution in [2.75, 3.05) is 0 Å². The molecule has 0 bridgehead atoms. The molecule has 0 amide bonds. The first-order valence-corrected chi connectivity index (χ1v) is 6.73. The van der Waals surface area contributed by atoms with E-state index in [9.17, 15) is 10.2 Å². The van der Waals surface area contributed by atoms with Crippen LogP contribution in [0.15, 0.2) is 72.8 Å². The van der Waals surface area contributed by atoms with E-state index in [0.717, 1.165) is 0 Å². The molecule has 0 aliphatic heterocycles. The average Bonchev–Trinajstić information content (AvgIpc) is 2.52. The Labute approximate surface area is 127 Å². The smallest absolute Gasteiger partial charge is 0.131 e. The second kappa shape index (κ2) is 6.10. The van der Waals surface area contributed by atoms with Gasteiger partial charge in [0, 0.05) is 6.07 Å². The predicted molar refractivity (Wildman–Crippen MR) is 82.8 cm³/mol. The summed E-state index contributed by atoms with van der Waals surface area (Å²) in [5.41, 5.74) is 0. The van der Waals surface area contributed by atoms with Gasteiger partial charge < -0.3 is 19.7 Å². The molecule has 110 valence electrons. The summed E-state index contributed by atoms with van der Waals surface area (Å²) in [6.45, 7) is 0. The Balaban J connectivity index is 1.68. The fourth-order valence-electron chi connectivity index (χ4n) is 1.91. The predicted octanol–water partition coefficient (Wildman–Crippen LogP) is 4.68. The number of hydrogen-bond donors (Lipinski definition) is 2. The monoisotopic (exact) mass is 294 g/mol. The van der Waals surface area contributed by atoms with E-state index in [1.165, 1.54) is 0 Å². The molecule has 0 aromatic heterocycles. The first-order chi connectivity index (χ1) is 10.7. The molecule has 3 aromatic carbocycles. The minimum Gasteiger partial charge on any atom is -0.508 e. The molecule has 0 aliphatic carbocycles. The van der Waals surface area contributed by atoms with Crippen molar-refractivity contribution in [1.29, 1.82) is 0 Å². The first kappa shape index (κ1) is 13.8. The van der Waals surface area contributed by atoms with E-state index in [1.54, 1.807) is 72.8 Å². The summed E-state index contributed by atoms with van der Waals surface area (Å²) in [6, 6.07) is 20.2. The molecule has 0 unspecified atom stereocenters. The van der Waals surface area contributed by atoms with E-state index in [4.69, 9.17) is 9.47 Å². The summed E-state index contributed by atoms with van der Waals surface area (Å²) in [6.07, 6.45) is 0. The van der Waals surface area contributed by atoms with E-state index in [0.29, 0.717) is 23.0 Å². The molecule has 0 heterocycles. The molecule has 0 spiro atoms. The van der Waals surface area contributed by atoms with Gasteiger partial charge in [0.15, 0.2) is 0 Å². The van der Waals surface area contributed by atoms with Gasteiger partial charge in [-0.25, -0.2) is 0 Å². The number of phenolic OH excluding ortho intramolecular Hbond substituents is 2. The zero-order valence-electron chi connectivity index (χ0n) is 11.6. The average molecular weight is 294 g/mol. The van der Waals surface area contributed by atoms with Crippen molar-refractivity contribution in [3.8, 4) is 34.5 Å². The Kier molecular flexibility index (Phi) is 3.83. The summed E-state index contributed by atoms with van der Waals surface area (Å²) in [4.78, 5) is 0. The van der Waals surface area contributed by atoms with Gasteiger partial charge in [0.05, 0.1) is 0 Å². The van der Waals surface area contributed by atoms with Crippen LogP contribution in [-0.2, 0) is 0 Å². The lowest BCUT2D eigenvalue weighted by Gasteiger charge is -2.08. The molecular formula is C18H14O4. The van der Waals surface area contributed by atoms with Crippen molar-refractivity contribution in [2.24, 2.45) is 0 Å². The fourth-order valence-corrected chi connectivity index (χ4v) is 1.91. The van der Waals surface area contributed by atoms with Gasteiger partial charge in [-0.15, -0.1) is 0 Å². The van der Waals surface area contributed by atoms with E-state index in [2.05, 4.69) is 0 Å². The van der Waals surface area contributed by atoms with Gasteiger partial charge in [0.2, 0.25) is 0 Å². The number of benzene rings is 3. The van der Waals surface area contributed by atoms with Crippen LogP contribution in [0.1, 0.15) is 0 Å². The molecule has 0 atom stereocenters. The molecule has 4 heteroatoms. The molecule has 0 aliphatic rings. The normalized spacial score (nSPS) is 10.2. The van der Waals surface area contributed by atoms with Crippen LogP contribution in [0.5, 0.6) is 34.5 Å². The second-order valence-corrected chi connectivity index (χ2v) is 4.67. The van der Waals surface area contributed by atoms with Gasteiger partial charge in [-0.2, -0.15) is 0 Å². The van der Waals surface area contributed by atoms with Crippen LogP contribution >= 0.6 is 0 Å². The number of rotatable bonds is 4. The summed E-state index contributed by atoms with van der Waals surface area (Å²) in [7, 11) is 0. The molecule has 0 saturated carbocycles. The van der Waals surface area contributed by atoms with Gasteiger partial charge in [0.25, 0.3) is 0 Å². The summed E-state index contributed by atoms with van der Waals surface area (Å²) < 4.78 is 11.3. The minimum atomic E-state index is 0.157. The van der Waals surface area contributed by atoms with Crippen molar-refractivity contribution in [3.05, 3.63) is 72.8 Å². The highest BCUT2D eigenvalue weighted by molar-refractivity contribution is 5.40. The standard InChI is InChI=1S/C18H14O4/c19-13-4-6-15(7-5-13)21-16-8-10-17(11-9-16)22-18-3-1-2-14(20)12-18/h1-12,19-20H. The maximum absolute atomic E-state index is 9.40. The highest BCUT2D eigenvalue weighted by Gasteiger charge is 2.01. The molecule has 3 aromatic rings. The second-order valence-electron chi connectivity index (χ2n) is 4.67. The third-order valence-corrected chi connectivity index (χ3v) is 2.95.